The van der Waals surface area contributed by atoms with Gasteiger partial charge in [-0.2, -0.15) is 0 Å². The van der Waals surface area contributed by atoms with Gasteiger partial charge in [0.15, 0.2) is 11.5 Å². The first-order valence-corrected chi connectivity index (χ1v) is 7.75. The molecule has 4 nitrogen and oxygen atoms in total. The van der Waals surface area contributed by atoms with Crippen LogP contribution < -0.4 is 0 Å². The van der Waals surface area contributed by atoms with Gasteiger partial charge in [0.1, 0.15) is 12.5 Å². The van der Waals surface area contributed by atoms with Gasteiger partial charge in [-0.3, -0.25) is 0 Å². The first kappa shape index (κ1) is 15.9. The number of allylic oxidation sites excluding steroid dienone is 5. The summed E-state index contributed by atoms with van der Waals surface area (Å²) in [6, 6.07) is 6.70. The Labute approximate surface area is 140 Å². The quantitative estimate of drug-likeness (QED) is 0.865. The third-order valence-electron chi connectivity index (χ3n) is 3.83. The number of ether oxygens (including phenoxy) is 2. The molecule has 1 aliphatic heterocycles. The SMILES string of the molecule is CC(=Cc1ccc(C(=O)O)cc1)C1=COC=C(C2=CC=CCC2)O1. The predicted octanol–water partition coefficient (Wildman–Crippen LogP) is 4.79. The molecule has 2 aliphatic rings. The summed E-state index contributed by atoms with van der Waals surface area (Å²) in [5, 5.41) is 8.94. The van der Waals surface area contributed by atoms with E-state index in [0.29, 0.717) is 5.76 Å². The fraction of sp³-hybridized carbons (Fsp3) is 0.150. The Morgan fingerprint density at radius 3 is 2.67 bits per heavy atom. The monoisotopic (exact) mass is 322 g/mol. The average Bonchev–Trinajstić information content (AvgIpc) is 2.63. The smallest absolute Gasteiger partial charge is 0.335 e. The lowest BCUT2D eigenvalue weighted by molar-refractivity contribution is 0.0697. The minimum atomic E-state index is -0.932. The summed E-state index contributed by atoms with van der Waals surface area (Å²) in [6.45, 7) is 1.93. The molecule has 0 spiro atoms. The molecule has 0 atom stereocenters. The zero-order chi connectivity index (χ0) is 16.9. The van der Waals surface area contributed by atoms with Crippen LogP contribution >= 0.6 is 0 Å². The number of hydrogen-bond acceptors (Lipinski definition) is 3. The minimum absolute atomic E-state index is 0.267. The Morgan fingerprint density at radius 1 is 1.21 bits per heavy atom. The lowest BCUT2D eigenvalue weighted by Gasteiger charge is -2.20. The van der Waals surface area contributed by atoms with Crippen molar-refractivity contribution < 1.29 is 19.4 Å². The molecule has 1 aliphatic carbocycles. The van der Waals surface area contributed by atoms with E-state index in [1.807, 2.05) is 25.2 Å². The molecule has 0 unspecified atom stereocenters. The zero-order valence-electron chi connectivity index (χ0n) is 13.4. The highest BCUT2D eigenvalue weighted by molar-refractivity contribution is 5.87. The molecule has 4 heteroatoms. The van der Waals surface area contributed by atoms with Gasteiger partial charge in [0.05, 0.1) is 5.56 Å². The first-order valence-electron chi connectivity index (χ1n) is 7.75. The van der Waals surface area contributed by atoms with Gasteiger partial charge in [0.2, 0.25) is 0 Å². The van der Waals surface area contributed by atoms with E-state index in [4.69, 9.17) is 14.6 Å². The highest BCUT2D eigenvalue weighted by Gasteiger charge is 2.16. The van der Waals surface area contributed by atoms with E-state index in [0.717, 1.165) is 35.3 Å². The van der Waals surface area contributed by atoms with Gasteiger partial charge in [-0.1, -0.05) is 30.4 Å². The Morgan fingerprint density at radius 2 is 2.00 bits per heavy atom. The molecule has 0 saturated heterocycles. The Hall–Kier alpha value is -3.01. The molecule has 0 amide bonds. The summed E-state index contributed by atoms with van der Waals surface area (Å²) in [7, 11) is 0. The summed E-state index contributed by atoms with van der Waals surface area (Å²) in [6.07, 6.45) is 13.2. The van der Waals surface area contributed by atoms with Crippen molar-refractivity contribution in [1.29, 1.82) is 0 Å². The number of carbonyl (C=O) groups is 1. The molecule has 1 N–H and O–H groups in total. The zero-order valence-corrected chi connectivity index (χ0v) is 13.4. The van der Waals surface area contributed by atoms with Crippen molar-refractivity contribution in [3.05, 3.63) is 88.8 Å². The van der Waals surface area contributed by atoms with Crippen molar-refractivity contribution >= 4 is 12.0 Å². The van der Waals surface area contributed by atoms with Gasteiger partial charge in [-0.05, 0) is 54.7 Å². The van der Waals surface area contributed by atoms with E-state index in [2.05, 4.69) is 6.08 Å². The van der Waals surface area contributed by atoms with E-state index in [-0.39, 0.29) is 5.56 Å². The van der Waals surface area contributed by atoms with Gasteiger partial charge in [-0.15, -0.1) is 0 Å². The van der Waals surface area contributed by atoms with Crippen LogP contribution in [0.3, 0.4) is 0 Å². The summed E-state index contributed by atoms with van der Waals surface area (Å²) in [5.41, 5.74) is 3.18. The Balaban J connectivity index is 1.73. The average molecular weight is 322 g/mol. The van der Waals surface area contributed by atoms with Gasteiger partial charge in [-0.25, -0.2) is 4.79 Å². The summed E-state index contributed by atoms with van der Waals surface area (Å²) >= 11 is 0. The second-order valence-electron chi connectivity index (χ2n) is 5.62. The maximum Gasteiger partial charge on any atom is 0.335 e. The summed E-state index contributed by atoms with van der Waals surface area (Å²) in [4.78, 5) is 10.9. The van der Waals surface area contributed by atoms with Crippen LogP contribution in [0.15, 0.2) is 77.7 Å². The van der Waals surface area contributed by atoms with Gasteiger partial charge >= 0.3 is 5.97 Å². The van der Waals surface area contributed by atoms with Crippen LogP contribution in [0.2, 0.25) is 0 Å². The van der Waals surface area contributed by atoms with Crippen LogP contribution in [0.1, 0.15) is 35.7 Å². The fourth-order valence-electron chi connectivity index (χ4n) is 2.49. The minimum Gasteiger partial charge on any atom is -0.478 e. The molecule has 0 aromatic heterocycles. The molecule has 122 valence electrons. The number of carboxylic acids is 1. The maximum atomic E-state index is 10.9. The lowest BCUT2D eigenvalue weighted by atomic mass is 10.0. The summed E-state index contributed by atoms with van der Waals surface area (Å²) < 4.78 is 11.4. The number of aromatic carboxylic acids is 1. The highest BCUT2D eigenvalue weighted by Crippen LogP contribution is 2.29. The van der Waals surface area contributed by atoms with Gasteiger partial charge in [0, 0.05) is 0 Å². The number of benzene rings is 1. The number of rotatable bonds is 4. The van der Waals surface area contributed by atoms with Crippen molar-refractivity contribution in [2.75, 3.05) is 0 Å². The second kappa shape index (κ2) is 7.04. The standard InChI is InChI=1S/C20H18O4/c1-14(11-15-7-9-17(10-8-15)20(21)22)18-12-23-13-19(24-18)16-5-3-2-4-6-16/h2-3,5,7-13H,4,6H2,1H3,(H,21,22). The highest BCUT2D eigenvalue weighted by atomic mass is 16.5. The topological polar surface area (TPSA) is 55.8 Å². The molecule has 0 saturated carbocycles. The van der Waals surface area contributed by atoms with Crippen molar-refractivity contribution in [2.45, 2.75) is 19.8 Å². The van der Waals surface area contributed by atoms with Crippen molar-refractivity contribution in [3.8, 4) is 0 Å². The number of hydrogen-bond donors (Lipinski definition) is 1. The van der Waals surface area contributed by atoms with Crippen LogP contribution in [-0.2, 0) is 9.47 Å². The summed E-state index contributed by atoms with van der Waals surface area (Å²) in [5.74, 6) is 0.439. The molecule has 3 rings (SSSR count). The van der Waals surface area contributed by atoms with Gasteiger partial charge < -0.3 is 14.6 Å². The Bertz CT molecular complexity index is 789. The van der Waals surface area contributed by atoms with E-state index in [9.17, 15) is 4.79 Å². The van der Waals surface area contributed by atoms with E-state index >= 15 is 0 Å². The van der Waals surface area contributed by atoms with Crippen LogP contribution in [-0.4, -0.2) is 11.1 Å². The van der Waals surface area contributed by atoms with E-state index < -0.39 is 5.97 Å². The van der Waals surface area contributed by atoms with Crippen LogP contribution in [0.25, 0.3) is 6.08 Å². The molecule has 1 aromatic carbocycles. The predicted molar refractivity (Wildman–Crippen MR) is 91.8 cm³/mol. The van der Waals surface area contributed by atoms with E-state index in [1.165, 1.54) is 0 Å². The van der Waals surface area contributed by atoms with Crippen molar-refractivity contribution in [2.24, 2.45) is 0 Å². The van der Waals surface area contributed by atoms with Crippen LogP contribution in [0, 0.1) is 0 Å². The molecule has 0 bridgehead atoms. The third kappa shape index (κ3) is 3.66. The fourth-order valence-corrected chi connectivity index (χ4v) is 2.49. The normalized spacial score (nSPS) is 17.2. The molecule has 0 radical (unpaired) electrons. The lowest BCUT2D eigenvalue weighted by Crippen LogP contribution is -2.04. The first-order chi connectivity index (χ1) is 11.6. The molecule has 24 heavy (non-hydrogen) atoms. The number of carboxylic acid groups (broad SMARTS) is 1. The molecular weight excluding hydrogens is 304 g/mol. The maximum absolute atomic E-state index is 10.9. The van der Waals surface area contributed by atoms with Gasteiger partial charge in [0.25, 0.3) is 0 Å². The largest absolute Gasteiger partial charge is 0.478 e. The molecule has 1 aromatic rings. The van der Waals surface area contributed by atoms with Crippen molar-refractivity contribution in [3.63, 3.8) is 0 Å². The molecule has 1 heterocycles. The van der Waals surface area contributed by atoms with Crippen molar-refractivity contribution in [1.82, 2.24) is 0 Å². The van der Waals surface area contributed by atoms with Crippen LogP contribution in [0.5, 0.6) is 0 Å². The van der Waals surface area contributed by atoms with Crippen LogP contribution in [0.4, 0.5) is 0 Å². The Kier molecular flexibility index (Phi) is 4.66. The molecule has 0 fully saturated rings. The second-order valence-corrected chi connectivity index (χ2v) is 5.62. The molecular formula is C20H18O4. The third-order valence-corrected chi connectivity index (χ3v) is 3.83. The van der Waals surface area contributed by atoms with E-state index in [1.54, 1.807) is 36.8 Å².